The first-order valence-electron chi connectivity index (χ1n) is 9.27. The summed E-state index contributed by atoms with van der Waals surface area (Å²) in [7, 11) is 1.90. The zero-order chi connectivity index (χ0) is 18.1. The van der Waals surface area contributed by atoms with E-state index >= 15 is 0 Å². The van der Waals surface area contributed by atoms with Crippen LogP contribution in [0.25, 0.3) is 0 Å². The first-order valence-corrected chi connectivity index (χ1v) is 9.27. The van der Waals surface area contributed by atoms with Crippen molar-refractivity contribution in [1.82, 2.24) is 19.7 Å². The van der Waals surface area contributed by atoms with Crippen molar-refractivity contribution in [1.29, 1.82) is 0 Å². The van der Waals surface area contributed by atoms with E-state index in [9.17, 15) is 10.2 Å². The molecule has 1 saturated carbocycles. The highest BCUT2D eigenvalue weighted by Gasteiger charge is 2.36. The molecule has 26 heavy (non-hydrogen) atoms. The third-order valence-electron chi connectivity index (χ3n) is 5.42. The van der Waals surface area contributed by atoms with E-state index in [1.807, 2.05) is 25.5 Å². The van der Waals surface area contributed by atoms with Crippen molar-refractivity contribution in [2.75, 3.05) is 23.3 Å². The van der Waals surface area contributed by atoms with Crippen LogP contribution in [0.5, 0.6) is 0 Å². The van der Waals surface area contributed by atoms with Crippen molar-refractivity contribution in [3.05, 3.63) is 30.2 Å². The molecule has 4 rings (SSSR count). The fourth-order valence-corrected chi connectivity index (χ4v) is 3.81. The number of piperidine rings is 1. The number of aliphatic hydroxyl groups excluding tert-OH is 2. The summed E-state index contributed by atoms with van der Waals surface area (Å²) in [6, 6.07) is 1.94. The van der Waals surface area contributed by atoms with Crippen LogP contribution in [-0.4, -0.2) is 55.3 Å². The minimum Gasteiger partial charge on any atom is -0.393 e. The molecule has 1 aliphatic carbocycles. The molecule has 140 valence electrons. The number of rotatable bonds is 5. The van der Waals surface area contributed by atoms with Gasteiger partial charge in [0.15, 0.2) is 0 Å². The number of aromatic nitrogens is 4. The van der Waals surface area contributed by atoms with Gasteiger partial charge < -0.3 is 20.4 Å². The van der Waals surface area contributed by atoms with Crippen molar-refractivity contribution in [2.45, 2.75) is 43.9 Å². The van der Waals surface area contributed by atoms with Gasteiger partial charge in [0.1, 0.15) is 5.82 Å². The van der Waals surface area contributed by atoms with Crippen LogP contribution in [0.15, 0.2) is 24.7 Å². The van der Waals surface area contributed by atoms with Gasteiger partial charge in [0, 0.05) is 38.1 Å². The number of nitrogens with one attached hydrogen (secondary N) is 1. The second-order valence-electron chi connectivity index (χ2n) is 7.41. The standard InChI is InChI=1S/C18H26N6O2/c1-23-11-13(10-20-23)17(12-8-15(26)9-12)22-18-19-5-2-16(21-18)24-6-3-14(25)4-7-24/h2,5,10-12,14-15,17,25-26H,3-4,6-9H2,1H3,(H,19,21,22)/t12?,15?,17-/m0/s1. The Morgan fingerprint density at radius 1 is 1.19 bits per heavy atom. The second kappa shape index (κ2) is 7.20. The molecule has 0 unspecified atom stereocenters. The molecule has 2 aliphatic rings. The molecule has 0 bridgehead atoms. The number of hydrogen-bond donors (Lipinski definition) is 3. The summed E-state index contributed by atoms with van der Waals surface area (Å²) >= 11 is 0. The topological polar surface area (TPSA) is 99.3 Å². The van der Waals surface area contributed by atoms with Crippen molar-refractivity contribution < 1.29 is 10.2 Å². The molecule has 3 N–H and O–H groups in total. The second-order valence-corrected chi connectivity index (χ2v) is 7.41. The van der Waals surface area contributed by atoms with Gasteiger partial charge >= 0.3 is 0 Å². The lowest BCUT2D eigenvalue weighted by atomic mass is 9.75. The van der Waals surface area contributed by atoms with Gasteiger partial charge in [-0.1, -0.05) is 0 Å². The molecule has 2 aromatic heterocycles. The van der Waals surface area contributed by atoms with E-state index in [1.165, 1.54) is 0 Å². The molecule has 0 spiro atoms. The van der Waals surface area contributed by atoms with Crippen molar-refractivity contribution in [2.24, 2.45) is 13.0 Å². The average molecular weight is 358 g/mol. The molecule has 8 nitrogen and oxygen atoms in total. The number of nitrogens with zero attached hydrogens (tertiary/aromatic N) is 5. The van der Waals surface area contributed by atoms with Crippen LogP contribution in [0.3, 0.4) is 0 Å². The molecule has 1 aliphatic heterocycles. The molecule has 1 saturated heterocycles. The van der Waals surface area contributed by atoms with Crippen molar-refractivity contribution in [3.8, 4) is 0 Å². The van der Waals surface area contributed by atoms with E-state index in [1.54, 1.807) is 10.9 Å². The summed E-state index contributed by atoms with van der Waals surface area (Å²) in [5.74, 6) is 1.81. The maximum absolute atomic E-state index is 9.71. The van der Waals surface area contributed by atoms with Gasteiger partial charge in [0.2, 0.25) is 5.95 Å². The summed E-state index contributed by atoms with van der Waals surface area (Å²) < 4.78 is 1.79. The number of anilines is 2. The molecule has 8 heteroatoms. The number of aryl methyl sites for hydroxylation is 1. The highest BCUT2D eigenvalue weighted by molar-refractivity contribution is 5.44. The average Bonchev–Trinajstić information content (AvgIpc) is 3.04. The van der Waals surface area contributed by atoms with Crippen molar-refractivity contribution in [3.63, 3.8) is 0 Å². The fourth-order valence-electron chi connectivity index (χ4n) is 3.81. The number of hydrogen-bond acceptors (Lipinski definition) is 7. The molecule has 2 fully saturated rings. The lowest BCUT2D eigenvalue weighted by Gasteiger charge is -2.37. The summed E-state index contributed by atoms with van der Waals surface area (Å²) in [5.41, 5.74) is 1.08. The largest absolute Gasteiger partial charge is 0.393 e. The molecule has 0 amide bonds. The Morgan fingerprint density at radius 3 is 2.62 bits per heavy atom. The Labute approximate surface area is 152 Å². The Bertz CT molecular complexity index is 737. The van der Waals surface area contributed by atoms with E-state index in [-0.39, 0.29) is 18.2 Å². The zero-order valence-corrected chi connectivity index (χ0v) is 15.0. The molecule has 2 aromatic rings. The Balaban J connectivity index is 1.51. The molecular formula is C18H26N6O2. The summed E-state index contributed by atoms with van der Waals surface area (Å²) in [6.07, 6.45) is 8.30. The molecule has 1 atom stereocenters. The van der Waals surface area contributed by atoms with Gasteiger partial charge in [0.25, 0.3) is 0 Å². The molecule has 0 radical (unpaired) electrons. The minimum absolute atomic E-state index is 0.0329. The van der Waals surface area contributed by atoms with Crippen LogP contribution in [0.4, 0.5) is 11.8 Å². The van der Waals surface area contributed by atoms with Crippen LogP contribution in [-0.2, 0) is 7.05 Å². The van der Waals surface area contributed by atoms with Gasteiger partial charge in [-0.2, -0.15) is 10.1 Å². The summed E-state index contributed by atoms with van der Waals surface area (Å²) in [6.45, 7) is 1.61. The van der Waals surface area contributed by atoms with Crippen molar-refractivity contribution >= 4 is 11.8 Å². The minimum atomic E-state index is -0.215. The predicted octanol–water partition coefficient (Wildman–Crippen LogP) is 1.10. The summed E-state index contributed by atoms with van der Waals surface area (Å²) in [5, 5.41) is 27.1. The Hall–Kier alpha value is -2.19. The van der Waals surface area contributed by atoms with E-state index < -0.39 is 0 Å². The van der Waals surface area contributed by atoms with Crippen LogP contribution < -0.4 is 10.2 Å². The quantitative estimate of drug-likeness (QED) is 0.736. The smallest absolute Gasteiger partial charge is 0.225 e. The lowest BCUT2D eigenvalue weighted by molar-refractivity contribution is 0.0338. The SMILES string of the molecule is Cn1cc([C@@H](Nc2nccc(N3CCC(O)CC3)n2)C2CC(O)C2)cn1. The first kappa shape index (κ1) is 17.2. The Kier molecular flexibility index (Phi) is 4.78. The monoisotopic (exact) mass is 358 g/mol. The highest BCUT2D eigenvalue weighted by Crippen LogP contribution is 2.39. The molecule has 0 aromatic carbocycles. The van der Waals surface area contributed by atoms with E-state index in [0.29, 0.717) is 11.9 Å². The zero-order valence-electron chi connectivity index (χ0n) is 15.0. The van der Waals surface area contributed by atoms with E-state index in [4.69, 9.17) is 0 Å². The van der Waals surface area contributed by atoms with Gasteiger partial charge in [0.05, 0.1) is 24.4 Å². The predicted molar refractivity (Wildman–Crippen MR) is 97.8 cm³/mol. The highest BCUT2D eigenvalue weighted by atomic mass is 16.3. The van der Waals surface area contributed by atoms with Gasteiger partial charge in [-0.25, -0.2) is 4.98 Å². The van der Waals surface area contributed by atoms with Crippen LogP contribution in [0.1, 0.15) is 37.3 Å². The van der Waals surface area contributed by atoms with Gasteiger partial charge in [-0.05, 0) is 37.7 Å². The van der Waals surface area contributed by atoms with Gasteiger partial charge in [-0.3, -0.25) is 4.68 Å². The maximum atomic E-state index is 9.71. The lowest BCUT2D eigenvalue weighted by Crippen LogP contribution is -2.37. The summed E-state index contributed by atoms with van der Waals surface area (Å²) in [4.78, 5) is 11.3. The first-order chi connectivity index (χ1) is 12.6. The third kappa shape index (κ3) is 3.66. The molecule has 3 heterocycles. The molecular weight excluding hydrogens is 332 g/mol. The van der Waals surface area contributed by atoms with E-state index in [0.717, 1.165) is 50.2 Å². The van der Waals surface area contributed by atoms with Crippen LogP contribution in [0, 0.1) is 5.92 Å². The van der Waals surface area contributed by atoms with Gasteiger partial charge in [-0.15, -0.1) is 0 Å². The maximum Gasteiger partial charge on any atom is 0.225 e. The fraction of sp³-hybridized carbons (Fsp3) is 0.611. The number of aliphatic hydroxyl groups is 2. The van der Waals surface area contributed by atoms with E-state index in [2.05, 4.69) is 25.3 Å². The van der Waals surface area contributed by atoms with Crippen LogP contribution >= 0.6 is 0 Å². The Morgan fingerprint density at radius 2 is 1.96 bits per heavy atom. The van der Waals surface area contributed by atoms with Crippen LogP contribution in [0.2, 0.25) is 0 Å². The normalized spacial score (nSPS) is 25.0. The third-order valence-corrected chi connectivity index (χ3v) is 5.42.